The number of ether oxygens (including phenoxy) is 2. The summed E-state index contributed by atoms with van der Waals surface area (Å²) in [5, 5.41) is 2.72. The quantitative estimate of drug-likeness (QED) is 0.605. The zero-order chi connectivity index (χ0) is 26.2. The lowest BCUT2D eigenvalue weighted by atomic mass is 9.81. The van der Waals surface area contributed by atoms with Gasteiger partial charge in [0.2, 0.25) is 5.91 Å². The number of carbonyl (C=O) groups is 2. The number of nitrogens with one attached hydrogen (secondary N) is 1. The molecule has 3 heterocycles. The van der Waals surface area contributed by atoms with Crippen LogP contribution in [0, 0.1) is 5.92 Å². The number of amides is 2. The Morgan fingerprint density at radius 2 is 1.71 bits per heavy atom. The first-order valence-corrected chi connectivity index (χ1v) is 12.2. The molecule has 2 amide bonds. The fourth-order valence-corrected chi connectivity index (χ4v) is 3.81. The third-order valence-corrected chi connectivity index (χ3v) is 6.51. The number of nitrogens with zero attached hydrogens (tertiary/aromatic N) is 3. The Labute approximate surface area is 208 Å². The number of likely N-dealkylation sites (tertiary alicyclic amines) is 1. The van der Waals surface area contributed by atoms with Crippen molar-refractivity contribution in [3.05, 3.63) is 12.4 Å². The fourth-order valence-electron chi connectivity index (χ4n) is 3.81. The Morgan fingerprint density at radius 1 is 1.14 bits per heavy atom. The van der Waals surface area contributed by atoms with E-state index in [0.717, 1.165) is 0 Å². The number of hydrogen-bond donors (Lipinski definition) is 1. The summed E-state index contributed by atoms with van der Waals surface area (Å²) in [6.07, 6.45) is 3.08. The largest absolute Gasteiger partial charge is 0.498 e. The second-order valence-corrected chi connectivity index (χ2v) is 11.6. The molecule has 35 heavy (non-hydrogen) atoms. The number of rotatable bonds is 6. The molecule has 0 bridgehead atoms. The Bertz CT molecular complexity index is 900. The van der Waals surface area contributed by atoms with Crippen molar-refractivity contribution in [3.8, 4) is 6.01 Å². The van der Waals surface area contributed by atoms with Crippen LogP contribution < -0.4 is 15.5 Å². The van der Waals surface area contributed by atoms with Gasteiger partial charge in [0, 0.05) is 30.8 Å². The van der Waals surface area contributed by atoms with E-state index in [0.29, 0.717) is 25.0 Å². The van der Waals surface area contributed by atoms with E-state index in [9.17, 15) is 9.59 Å². The minimum Gasteiger partial charge on any atom is -0.458 e. The molecule has 2 aliphatic heterocycles. The van der Waals surface area contributed by atoms with Crippen LogP contribution in [0.1, 0.15) is 68.7 Å². The highest BCUT2D eigenvalue weighted by Gasteiger charge is 2.52. The van der Waals surface area contributed by atoms with Gasteiger partial charge >= 0.3 is 19.2 Å². The van der Waals surface area contributed by atoms with Crippen molar-refractivity contribution in [1.29, 1.82) is 0 Å². The maximum Gasteiger partial charge on any atom is 0.498 e. The Morgan fingerprint density at radius 3 is 2.23 bits per heavy atom. The molecule has 0 spiro atoms. The Kier molecular flexibility index (Phi) is 7.71. The smallest absolute Gasteiger partial charge is 0.458 e. The van der Waals surface area contributed by atoms with Crippen molar-refractivity contribution < 1.29 is 28.4 Å². The summed E-state index contributed by atoms with van der Waals surface area (Å²) in [6, 6.07) is -0.448. The van der Waals surface area contributed by atoms with E-state index in [1.165, 1.54) is 0 Å². The van der Waals surface area contributed by atoms with Gasteiger partial charge < -0.3 is 29.0 Å². The Balaban J connectivity index is 1.55. The summed E-state index contributed by atoms with van der Waals surface area (Å²) in [4.78, 5) is 35.7. The van der Waals surface area contributed by atoms with Gasteiger partial charge in [-0.05, 0) is 54.4 Å². The van der Waals surface area contributed by atoms with Crippen LogP contribution in [0.4, 0.5) is 4.79 Å². The van der Waals surface area contributed by atoms with Gasteiger partial charge in [-0.15, -0.1) is 0 Å². The van der Waals surface area contributed by atoms with Crippen molar-refractivity contribution in [2.24, 2.45) is 5.92 Å². The fraction of sp³-hybridized carbons (Fsp3) is 0.750. The molecule has 1 N–H and O–H groups in total. The predicted molar refractivity (Wildman–Crippen MR) is 131 cm³/mol. The van der Waals surface area contributed by atoms with E-state index in [1.807, 2.05) is 41.5 Å². The first-order chi connectivity index (χ1) is 16.1. The van der Waals surface area contributed by atoms with E-state index < -0.39 is 36.1 Å². The Hall–Kier alpha value is -2.40. The molecule has 1 aromatic rings. The van der Waals surface area contributed by atoms with Gasteiger partial charge in [0.15, 0.2) is 0 Å². The molecule has 0 aliphatic carbocycles. The molecular weight excluding hydrogens is 451 g/mol. The standard InChI is InChI=1S/C24H39BN4O6/c1-15(2)18(28-21(31)33-22(3,4)5)19(30)29-11-10-17(14-29)32-20-26-12-16(13-27-20)25-34-23(6,7)24(8,9)35-25/h12-13,15,17-18H,10-11,14H2,1-9H3,(H,28,31)/t17-,18?/m0/s1. The molecule has 10 nitrogen and oxygen atoms in total. The average Bonchev–Trinajstić information content (AvgIpc) is 3.26. The summed E-state index contributed by atoms with van der Waals surface area (Å²) in [5.74, 6) is -0.255. The monoisotopic (exact) mass is 490 g/mol. The summed E-state index contributed by atoms with van der Waals surface area (Å²) in [5.41, 5.74) is -0.816. The van der Waals surface area contributed by atoms with Gasteiger partial charge in [-0.1, -0.05) is 13.8 Å². The molecular formula is C24H39BN4O6. The lowest BCUT2D eigenvalue weighted by molar-refractivity contribution is -0.133. The van der Waals surface area contributed by atoms with Crippen LogP contribution in [0.5, 0.6) is 6.01 Å². The van der Waals surface area contributed by atoms with Crippen LogP contribution in [0.15, 0.2) is 12.4 Å². The molecule has 11 heteroatoms. The highest BCUT2D eigenvalue weighted by atomic mass is 16.7. The molecule has 2 saturated heterocycles. The van der Waals surface area contributed by atoms with Gasteiger partial charge in [0.1, 0.15) is 17.7 Å². The van der Waals surface area contributed by atoms with E-state index in [-0.39, 0.29) is 23.9 Å². The molecule has 2 atom stereocenters. The lowest BCUT2D eigenvalue weighted by Crippen LogP contribution is -2.51. The highest BCUT2D eigenvalue weighted by Crippen LogP contribution is 2.36. The van der Waals surface area contributed by atoms with Crippen LogP contribution >= 0.6 is 0 Å². The number of hydrogen-bond acceptors (Lipinski definition) is 8. The summed E-state index contributed by atoms with van der Waals surface area (Å²) in [6.45, 7) is 18.0. The maximum atomic E-state index is 13.1. The van der Waals surface area contributed by atoms with Crippen molar-refractivity contribution in [2.45, 2.75) is 97.7 Å². The van der Waals surface area contributed by atoms with E-state index >= 15 is 0 Å². The average molecular weight is 490 g/mol. The molecule has 2 aliphatic rings. The summed E-state index contributed by atoms with van der Waals surface area (Å²) < 4.78 is 23.3. The summed E-state index contributed by atoms with van der Waals surface area (Å²) in [7, 11) is -0.543. The van der Waals surface area contributed by atoms with Crippen LogP contribution in [0.2, 0.25) is 0 Å². The molecule has 2 fully saturated rings. The van der Waals surface area contributed by atoms with Gasteiger partial charge in [-0.25, -0.2) is 14.8 Å². The number of alkyl carbamates (subject to hydrolysis) is 1. The van der Waals surface area contributed by atoms with Crippen LogP contribution in [0.3, 0.4) is 0 Å². The minimum absolute atomic E-state index is 0.0964. The SMILES string of the molecule is CC(C)C(NC(=O)OC(C)(C)C)C(=O)N1CC[C@H](Oc2ncc(B3OC(C)(C)C(C)(C)O3)cn2)C1. The zero-order valence-electron chi connectivity index (χ0n) is 22.4. The van der Waals surface area contributed by atoms with E-state index in [1.54, 1.807) is 38.1 Å². The van der Waals surface area contributed by atoms with Gasteiger partial charge in [0.25, 0.3) is 0 Å². The lowest BCUT2D eigenvalue weighted by Gasteiger charge is -2.32. The first-order valence-electron chi connectivity index (χ1n) is 12.2. The minimum atomic E-state index is -0.681. The summed E-state index contributed by atoms with van der Waals surface area (Å²) >= 11 is 0. The predicted octanol–water partition coefficient (Wildman–Crippen LogP) is 2.30. The van der Waals surface area contributed by atoms with Gasteiger partial charge in [-0.3, -0.25) is 4.79 Å². The maximum absolute atomic E-state index is 13.1. The van der Waals surface area contributed by atoms with Crippen LogP contribution in [-0.4, -0.2) is 76.0 Å². The van der Waals surface area contributed by atoms with Gasteiger partial charge in [0.05, 0.1) is 17.7 Å². The second kappa shape index (κ2) is 9.93. The highest BCUT2D eigenvalue weighted by molar-refractivity contribution is 6.61. The van der Waals surface area contributed by atoms with Crippen molar-refractivity contribution in [1.82, 2.24) is 20.2 Å². The molecule has 194 valence electrons. The molecule has 1 unspecified atom stereocenters. The number of aromatic nitrogens is 2. The molecule has 0 saturated carbocycles. The van der Waals surface area contributed by atoms with Crippen molar-refractivity contribution in [2.75, 3.05) is 13.1 Å². The molecule has 0 radical (unpaired) electrons. The van der Waals surface area contributed by atoms with E-state index in [2.05, 4.69) is 15.3 Å². The normalized spacial score (nSPS) is 22.3. The molecule has 0 aromatic carbocycles. The van der Waals surface area contributed by atoms with Crippen LogP contribution in [0.25, 0.3) is 0 Å². The van der Waals surface area contributed by atoms with Crippen LogP contribution in [-0.2, 0) is 18.8 Å². The van der Waals surface area contributed by atoms with Crippen molar-refractivity contribution >= 4 is 24.6 Å². The third-order valence-electron chi connectivity index (χ3n) is 6.51. The second-order valence-electron chi connectivity index (χ2n) is 11.6. The zero-order valence-corrected chi connectivity index (χ0v) is 22.4. The topological polar surface area (TPSA) is 112 Å². The molecule has 1 aromatic heterocycles. The van der Waals surface area contributed by atoms with Crippen molar-refractivity contribution in [3.63, 3.8) is 0 Å². The molecule has 3 rings (SSSR count). The third kappa shape index (κ3) is 6.64. The number of carbonyl (C=O) groups excluding carboxylic acids is 2. The van der Waals surface area contributed by atoms with E-state index in [4.69, 9.17) is 18.8 Å². The van der Waals surface area contributed by atoms with Gasteiger partial charge in [-0.2, -0.15) is 0 Å². The first kappa shape index (κ1) is 27.2.